The number of hydrogen-bond donors (Lipinski definition) is 4. The highest BCUT2D eigenvalue weighted by atomic mass is 16.2. The van der Waals surface area contributed by atoms with Crippen LogP contribution < -0.4 is 16.4 Å². The molecule has 0 heterocycles. The third kappa shape index (κ3) is 3.23. The Bertz CT molecular complexity index is 188. The number of rotatable bonds is 3. The summed E-state index contributed by atoms with van der Waals surface area (Å²) in [4.78, 5) is 11.0. The molecular weight excluding hydrogens is 156 g/mol. The van der Waals surface area contributed by atoms with Crippen molar-refractivity contribution in [3.05, 3.63) is 0 Å². The van der Waals surface area contributed by atoms with Crippen molar-refractivity contribution in [1.82, 2.24) is 10.6 Å². The van der Waals surface area contributed by atoms with Crippen molar-refractivity contribution < 1.29 is 4.79 Å². The average Bonchev–Trinajstić information content (AvgIpc) is 1.85. The highest BCUT2D eigenvalue weighted by molar-refractivity contribution is 5.90. The van der Waals surface area contributed by atoms with Crippen molar-refractivity contribution in [1.29, 1.82) is 5.41 Å². The van der Waals surface area contributed by atoms with Crippen LogP contribution in [0.1, 0.15) is 20.8 Å². The fourth-order valence-electron chi connectivity index (χ4n) is 0.556. The van der Waals surface area contributed by atoms with Gasteiger partial charge in [-0.05, 0) is 20.8 Å². The largest absolute Gasteiger partial charge is 0.386 e. The minimum Gasteiger partial charge on any atom is -0.386 e. The van der Waals surface area contributed by atoms with Crippen LogP contribution in [0.15, 0.2) is 0 Å². The van der Waals surface area contributed by atoms with E-state index in [1.807, 2.05) is 6.92 Å². The SMILES string of the molecule is CCNC(=O)NC(C)(C)C(=N)N. The Labute approximate surface area is 72.2 Å². The lowest BCUT2D eigenvalue weighted by Gasteiger charge is -2.24. The van der Waals surface area contributed by atoms with Gasteiger partial charge in [-0.1, -0.05) is 0 Å². The monoisotopic (exact) mass is 172 g/mol. The zero-order valence-electron chi connectivity index (χ0n) is 7.69. The molecule has 0 spiro atoms. The van der Waals surface area contributed by atoms with Gasteiger partial charge in [0.1, 0.15) is 5.84 Å². The molecule has 0 saturated carbocycles. The molecule has 2 amide bonds. The van der Waals surface area contributed by atoms with Crippen LogP contribution in [0.3, 0.4) is 0 Å². The lowest BCUT2D eigenvalue weighted by molar-refractivity contribution is 0.236. The molecule has 0 bridgehead atoms. The normalized spacial score (nSPS) is 10.6. The molecule has 0 aromatic rings. The van der Waals surface area contributed by atoms with Gasteiger partial charge < -0.3 is 16.4 Å². The molecule has 0 radical (unpaired) electrons. The molecule has 0 saturated heterocycles. The molecule has 5 nitrogen and oxygen atoms in total. The van der Waals surface area contributed by atoms with E-state index in [1.54, 1.807) is 13.8 Å². The Kier molecular flexibility index (Phi) is 3.53. The molecule has 0 aliphatic rings. The van der Waals surface area contributed by atoms with Gasteiger partial charge in [0.05, 0.1) is 5.54 Å². The predicted molar refractivity (Wildman–Crippen MR) is 48.2 cm³/mol. The smallest absolute Gasteiger partial charge is 0.315 e. The Morgan fingerprint density at radius 2 is 2.08 bits per heavy atom. The molecule has 70 valence electrons. The van der Waals surface area contributed by atoms with Crippen LogP contribution in [-0.2, 0) is 0 Å². The Morgan fingerprint density at radius 3 is 2.42 bits per heavy atom. The Hall–Kier alpha value is -1.26. The molecule has 0 rings (SSSR count). The molecule has 0 aromatic heterocycles. The van der Waals surface area contributed by atoms with Gasteiger partial charge in [-0.25, -0.2) is 4.79 Å². The first-order valence-electron chi connectivity index (χ1n) is 3.80. The number of carbonyl (C=O) groups excluding carboxylic acids is 1. The number of amides is 2. The van der Waals surface area contributed by atoms with E-state index < -0.39 is 5.54 Å². The Morgan fingerprint density at radius 1 is 1.58 bits per heavy atom. The molecular formula is C7H16N4O. The third-order valence-electron chi connectivity index (χ3n) is 1.44. The molecule has 5 N–H and O–H groups in total. The summed E-state index contributed by atoms with van der Waals surface area (Å²) in [5.74, 6) is -0.0613. The van der Waals surface area contributed by atoms with Gasteiger partial charge in [0.25, 0.3) is 0 Å². The quantitative estimate of drug-likeness (QED) is 0.357. The first kappa shape index (κ1) is 10.7. The summed E-state index contributed by atoms with van der Waals surface area (Å²) in [5, 5.41) is 12.3. The number of urea groups is 1. The standard InChI is InChI=1S/C7H16N4O/c1-4-10-6(12)11-7(2,3)5(8)9/h4H2,1-3H3,(H3,8,9)(H2,10,11,12). The third-order valence-corrected chi connectivity index (χ3v) is 1.44. The zero-order valence-corrected chi connectivity index (χ0v) is 7.69. The maximum absolute atomic E-state index is 11.0. The highest BCUT2D eigenvalue weighted by Gasteiger charge is 2.23. The molecule has 12 heavy (non-hydrogen) atoms. The summed E-state index contributed by atoms with van der Waals surface area (Å²) in [5.41, 5.74) is 4.48. The van der Waals surface area contributed by atoms with Crippen LogP contribution in [0.2, 0.25) is 0 Å². The fraction of sp³-hybridized carbons (Fsp3) is 0.714. The van der Waals surface area contributed by atoms with Crippen LogP contribution >= 0.6 is 0 Å². The van der Waals surface area contributed by atoms with Gasteiger partial charge in [-0.3, -0.25) is 5.41 Å². The lowest BCUT2D eigenvalue weighted by Crippen LogP contribution is -2.55. The van der Waals surface area contributed by atoms with Gasteiger partial charge in [0.15, 0.2) is 0 Å². The summed E-state index contributed by atoms with van der Waals surface area (Å²) in [6.45, 7) is 5.72. The van der Waals surface area contributed by atoms with E-state index in [0.29, 0.717) is 6.54 Å². The minimum absolute atomic E-state index is 0.0613. The van der Waals surface area contributed by atoms with Gasteiger partial charge in [-0.2, -0.15) is 0 Å². The van der Waals surface area contributed by atoms with Gasteiger partial charge in [0.2, 0.25) is 0 Å². The fourth-order valence-corrected chi connectivity index (χ4v) is 0.556. The molecule has 0 aliphatic carbocycles. The van der Waals surface area contributed by atoms with Crippen LogP contribution in [0, 0.1) is 5.41 Å². The summed E-state index contributed by atoms with van der Waals surface area (Å²) < 4.78 is 0. The predicted octanol–water partition coefficient (Wildman–Crippen LogP) is 0.0201. The molecule has 5 heteroatoms. The number of amidine groups is 1. The van der Waals surface area contributed by atoms with Crippen LogP contribution in [-0.4, -0.2) is 24.0 Å². The van der Waals surface area contributed by atoms with Gasteiger partial charge in [0, 0.05) is 6.54 Å². The Balaban J connectivity index is 4.06. The number of hydrogen-bond acceptors (Lipinski definition) is 2. The minimum atomic E-state index is -0.779. The van der Waals surface area contributed by atoms with Crippen molar-refractivity contribution in [3.63, 3.8) is 0 Å². The van der Waals surface area contributed by atoms with E-state index in [0.717, 1.165) is 0 Å². The second-order valence-corrected chi connectivity index (χ2v) is 3.02. The van der Waals surface area contributed by atoms with Crippen molar-refractivity contribution >= 4 is 11.9 Å². The van der Waals surface area contributed by atoms with Crippen molar-refractivity contribution in [2.45, 2.75) is 26.3 Å². The van der Waals surface area contributed by atoms with E-state index in [-0.39, 0.29) is 11.9 Å². The van der Waals surface area contributed by atoms with E-state index in [1.165, 1.54) is 0 Å². The van der Waals surface area contributed by atoms with Crippen molar-refractivity contribution in [3.8, 4) is 0 Å². The molecule has 0 aromatic carbocycles. The summed E-state index contributed by atoms with van der Waals surface area (Å²) in [6.07, 6.45) is 0. The van der Waals surface area contributed by atoms with Gasteiger partial charge >= 0.3 is 6.03 Å². The van der Waals surface area contributed by atoms with E-state index in [2.05, 4.69) is 10.6 Å². The summed E-state index contributed by atoms with van der Waals surface area (Å²) in [6, 6.07) is -0.308. The topological polar surface area (TPSA) is 91.0 Å². The van der Waals surface area contributed by atoms with E-state index >= 15 is 0 Å². The van der Waals surface area contributed by atoms with Crippen LogP contribution in [0.4, 0.5) is 4.79 Å². The van der Waals surface area contributed by atoms with Crippen LogP contribution in [0.25, 0.3) is 0 Å². The first-order chi connectivity index (χ1) is 5.40. The number of nitrogens with two attached hydrogens (primary N) is 1. The number of nitrogens with one attached hydrogen (secondary N) is 3. The molecule has 0 fully saturated rings. The number of carbonyl (C=O) groups is 1. The summed E-state index contributed by atoms with van der Waals surface area (Å²) in [7, 11) is 0. The first-order valence-corrected chi connectivity index (χ1v) is 3.80. The maximum atomic E-state index is 11.0. The van der Waals surface area contributed by atoms with Crippen LogP contribution in [0.5, 0.6) is 0 Å². The zero-order chi connectivity index (χ0) is 9.78. The van der Waals surface area contributed by atoms with Gasteiger partial charge in [-0.15, -0.1) is 0 Å². The molecule has 0 atom stereocenters. The second-order valence-electron chi connectivity index (χ2n) is 3.02. The summed E-state index contributed by atoms with van der Waals surface area (Å²) >= 11 is 0. The molecule has 0 aliphatic heterocycles. The highest BCUT2D eigenvalue weighted by Crippen LogP contribution is 1.99. The second kappa shape index (κ2) is 3.94. The van der Waals surface area contributed by atoms with Crippen molar-refractivity contribution in [2.75, 3.05) is 6.54 Å². The lowest BCUT2D eigenvalue weighted by atomic mass is 10.1. The van der Waals surface area contributed by atoms with E-state index in [4.69, 9.17) is 11.1 Å². The van der Waals surface area contributed by atoms with E-state index in [9.17, 15) is 4.79 Å². The van der Waals surface area contributed by atoms with Crippen molar-refractivity contribution in [2.24, 2.45) is 5.73 Å². The average molecular weight is 172 g/mol. The maximum Gasteiger partial charge on any atom is 0.315 e. The molecule has 0 unspecified atom stereocenters.